The summed E-state index contributed by atoms with van der Waals surface area (Å²) in [5, 5.41) is 2.46. The zero-order valence-electron chi connectivity index (χ0n) is 16.0. The summed E-state index contributed by atoms with van der Waals surface area (Å²) in [5.41, 5.74) is 5.48. The molecule has 0 radical (unpaired) electrons. The number of aromatic nitrogens is 3. The third kappa shape index (κ3) is 3.24. The molecule has 3 nitrogen and oxygen atoms in total. The first-order chi connectivity index (χ1) is 12.7. The van der Waals surface area contributed by atoms with Crippen molar-refractivity contribution in [3.8, 4) is 0 Å². The fraction of sp³-hybridized carbons (Fsp3) is 0.571. The largest absolute Gasteiger partial charge is 0.241 e. The van der Waals surface area contributed by atoms with Gasteiger partial charge in [-0.15, -0.1) is 23.1 Å². The van der Waals surface area contributed by atoms with Crippen molar-refractivity contribution in [2.45, 2.75) is 76.7 Å². The summed E-state index contributed by atoms with van der Waals surface area (Å²) in [5.74, 6) is 1.61. The third-order valence-corrected chi connectivity index (χ3v) is 7.54. The number of fused-ring (bicyclic) bond motifs is 5. The predicted molar refractivity (Wildman–Crippen MR) is 114 cm³/mol. The molecular formula is C21H27N3S2. The van der Waals surface area contributed by atoms with Crippen LogP contribution in [-0.2, 0) is 12.8 Å². The summed E-state index contributed by atoms with van der Waals surface area (Å²) >= 11 is 3.68. The fourth-order valence-corrected chi connectivity index (χ4v) is 6.21. The summed E-state index contributed by atoms with van der Waals surface area (Å²) in [6.07, 6.45) is 10.5. The maximum absolute atomic E-state index is 5.12. The van der Waals surface area contributed by atoms with Gasteiger partial charge in [-0.05, 0) is 54.9 Å². The number of thioether (sulfide) groups is 1. The van der Waals surface area contributed by atoms with Gasteiger partial charge in [0.25, 0.3) is 0 Å². The van der Waals surface area contributed by atoms with E-state index >= 15 is 0 Å². The number of pyridine rings is 1. The van der Waals surface area contributed by atoms with Crippen LogP contribution >= 0.6 is 23.1 Å². The van der Waals surface area contributed by atoms with E-state index in [1.807, 2.05) is 11.8 Å². The molecule has 0 saturated carbocycles. The maximum atomic E-state index is 5.12. The highest BCUT2D eigenvalue weighted by Gasteiger charge is 2.24. The van der Waals surface area contributed by atoms with Crippen LogP contribution in [-0.4, -0.2) is 20.7 Å². The minimum atomic E-state index is 0.477. The molecule has 0 N–H and O–H groups in total. The number of hydrogen-bond donors (Lipinski definition) is 0. The Balaban J connectivity index is 1.86. The third-order valence-electron chi connectivity index (χ3n) is 5.25. The molecule has 26 heavy (non-hydrogen) atoms. The molecule has 0 atom stereocenters. The van der Waals surface area contributed by atoms with E-state index in [2.05, 4.69) is 25.8 Å². The average Bonchev–Trinajstić information content (AvgIpc) is 3.04. The average molecular weight is 386 g/mol. The lowest BCUT2D eigenvalue weighted by molar-refractivity contribution is 0.667. The van der Waals surface area contributed by atoms with Crippen LogP contribution in [0.25, 0.3) is 20.4 Å². The quantitative estimate of drug-likeness (QED) is 0.275. The van der Waals surface area contributed by atoms with E-state index in [9.17, 15) is 0 Å². The number of thiophene rings is 1. The van der Waals surface area contributed by atoms with Crippen molar-refractivity contribution in [3.63, 3.8) is 0 Å². The van der Waals surface area contributed by atoms with Crippen LogP contribution in [0.3, 0.4) is 0 Å². The number of nitrogens with zero attached hydrogens (tertiary/aromatic N) is 3. The molecule has 1 aliphatic carbocycles. The number of aryl methyl sites for hydroxylation is 1. The van der Waals surface area contributed by atoms with Crippen LogP contribution in [0.2, 0.25) is 0 Å². The predicted octanol–water partition coefficient (Wildman–Crippen LogP) is 6.52. The Morgan fingerprint density at radius 1 is 1.12 bits per heavy atom. The molecule has 0 fully saturated rings. The Morgan fingerprint density at radius 3 is 2.69 bits per heavy atom. The lowest BCUT2D eigenvalue weighted by atomic mass is 9.86. The molecule has 0 aliphatic heterocycles. The van der Waals surface area contributed by atoms with Gasteiger partial charge in [0.15, 0.2) is 0 Å². The van der Waals surface area contributed by atoms with Crippen molar-refractivity contribution in [1.82, 2.24) is 15.0 Å². The Labute approximate surface area is 164 Å². The molecule has 138 valence electrons. The molecule has 1 aliphatic rings. The summed E-state index contributed by atoms with van der Waals surface area (Å²) in [6, 6.07) is 0. The van der Waals surface area contributed by atoms with E-state index < -0.39 is 0 Å². The van der Waals surface area contributed by atoms with E-state index in [1.165, 1.54) is 76.7 Å². The second kappa shape index (κ2) is 7.81. The Morgan fingerprint density at radius 2 is 1.92 bits per heavy atom. The molecule has 0 bridgehead atoms. The van der Waals surface area contributed by atoms with Gasteiger partial charge in [0.05, 0.1) is 10.2 Å². The lowest BCUT2D eigenvalue weighted by Crippen LogP contribution is -2.10. The van der Waals surface area contributed by atoms with E-state index in [0.29, 0.717) is 5.92 Å². The van der Waals surface area contributed by atoms with Crippen molar-refractivity contribution in [1.29, 1.82) is 0 Å². The van der Waals surface area contributed by atoms with Crippen LogP contribution in [0, 0.1) is 0 Å². The highest BCUT2D eigenvalue weighted by atomic mass is 32.2. The van der Waals surface area contributed by atoms with Gasteiger partial charge in [0, 0.05) is 11.1 Å². The van der Waals surface area contributed by atoms with Gasteiger partial charge in [0.2, 0.25) is 0 Å². The van der Waals surface area contributed by atoms with Crippen LogP contribution in [0.5, 0.6) is 0 Å². The monoisotopic (exact) mass is 385 g/mol. The molecule has 0 saturated heterocycles. The minimum Gasteiger partial charge on any atom is -0.241 e. The van der Waals surface area contributed by atoms with Crippen molar-refractivity contribution >= 4 is 43.5 Å². The maximum Gasteiger partial charge on any atom is 0.126 e. The Hall–Kier alpha value is -1.20. The second-order valence-corrected chi connectivity index (χ2v) is 9.59. The molecule has 5 heteroatoms. The first-order valence-corrected chi connectivity index (χ1v) is 11.7. The molecule has 0 aromatic carbocycles. The van der Waals surface area contributed by atoms with Gasteiger partial charge in [-0.3, -0.25) is 0 Å². The second-order valence-electron chi connectivity index (χ2n) is 7.51. The first kappa shape index (κ1) is 18.2. The molecule has 4 rings (SSSR count). The first-order valence-electron chi connectivity index (χ1n) is 9.92. The van der Waals surface area contributed by atoms with Gasteiger partial charge in [-0.2, -0.15) is 0 Å². The SMILES string of the molecule is CCCCCSc1ncnc2c1sc1nc(C(C)C)c3c(c12)CCCC3. The summed E-state index contributed by atoms with van der Waals surface area (Å²) in [7, 11) is 0. The Bertz CT molecular complexity index is 930. The highest BCUT2D eigenvalue weighted by Crippen LogP contribution is 2.42. The zero-order valence-corrected chi connectivity index (χ0v) is 17.6. The van der Waals surface area contributed by atoms with Crippen molar-refractivity contribution in [2.75, 3.05) is 5.75 Å². The molecule has 3 heterocycles. The molecule has 3 aromatic rings. The number of hydrogen-bond acceptors (Lipinski definition) is 5. The van der Waals surface area contributed by atoms with Crippen LogP contribution < -0.4 is 0 Å². The van der Waals surface area contributed by atoms with E-state index in [1.54, 1.807) is 17.7 Å². The Kier molecular flexibility index (Phi) is 5.46. The molecule has 3 aromatic heterocycles. The number of rotatable bonds is 6. The highest BCUT2D eigenvalue weighted by molar-refractivity contribution is 7.99. The number of unbranched alkanes of at least 4 members (excludes halogenated alkanes) is 2. The lowest BCUT2D eigenvalue weighted by Gasteiger charge is -2.21. The molecule has 0 amide bonds. The van der Waals surface area contributed by atoms with Crippen molar-refractivity contribution in [2.24, 2.45) is 0 Å². The summed E-state index contributed by atoms with van der Waals surface area (Å²) in [6.45, 7) is 6.79. The summed E-state index contributed by atoms with van der Waals surface area (Å²) in [4.78, 5) is 15.6. The van der Waals surface area contributed by atoms with Gasteiger partial charge in [-0.1, -0.05) is 33.6 Å². The minimum absolute atomic E-state index is 0.477. The zero-order chi connectivity index (χ0) is 18.1. The normalized spacial score (nSPS) is 14.5. The van der Waals surface area contributed by atoms with Crippen molar-refractivity contribution in [3.05, 3.63) is 23.1 Å². The van der Waals surface area contributed by atoms with E-state index in [4.69, 9.17) is 9.97 Å². The van der Waals surface area contributed by atoms with E-state index in [-0.39, 0.29) is 0 Å². The van der Waals surface area contributed by atoms with Crippen LogP contribution in [0.15, 0.2) is 11.4 Å². The van der Waals surface area contributed by atoms with Crippen molar-refractivity contribution < 1.29 is 0 Å². The summed E-state index contributed by atoms with van der Waals surface area (Å²) < 4.78 is 1.24. The van der Waals surface area contributed by atoms with E-state index in [0.717, 1.165) is 16.3 Å². The van der Waals surface area contributed by atoms with Gasteiger partial charge < -0.3 is 0 Å². The topological polar surface area (TPSA) is 38.7 Å². The molecule has 0 unspecified atom stereocenters. The molecule has 0 spiro atoms. The van der Waals surface area contributed by atoms with Gasteiger partial charge in [-0.25, -0.2) is 15.0 Å². The standard InChI is InChI=1S/C21H27N3S2/c1-4-5-8-11-25-21-19-18(22-12-23-21)16-14-9-6-7-10-15(14)17(13(2)3)24-20(16)26-19/h12-13H,4-11H2,1-3H3. The van der Waals surface area contributed by atoms with Gasteiger partial charge >= 0.3 is 0 Å². The fourth-order valence-electron chi connectivity index (χ4n) is 3.97. The molecular weight excluding hydrogens is 358 g/mol. The van der Waals surface area contributed by atoms with Gasteiger partial charge in [0.1, 0.15) is 16.2 Å². The smallest absolute Gasteiger partial charge is 0.126 e. The van der Waals surface area contributed by atoms with Crippen LogP contribution in [0.4, 0.5) is 0 Å². The van der Waals surface area contributed by atoms with Crippen LogP contribution in [0.1, 0.15) is 75.6 Å².